The van der Waals surface area contributed by atoms with Crippen molar-refractivity contribution >= 4 is 11.6 Å². The van der Waals surface area contributed by atoms with Crippen LogP contribution < -0.4 is 4.74 Å². The lowest BCUT2D eigenvalue weighted by Gasteiger charge is -2.48. The molecule has 3 unspecified atom stereocenters. The first kappa shape index (κ1) is 20.3. The number of phenolic OH excluding ortho intramolecular Hbond substituents is 1. The van der Waals surface area contributed by atoms with Crippen LogP contribution >= 0.6 is 0 Å². The number of fused-ring (bicyclic) bond motifs is 8. The number of rotatable bonds is 1. The predicted octanol–water partition coefficient (Wildman–Crippen LogP) is 1.26. The van der Waals surface area contributed by atoms with Crippen molar-refractivity contribution in [3.05, 3.63) is 57.6 Å². The zero-order valence-electron chi connectivity index (χ0n) is 18.5. The Kier molecular flexibility index (Phi) is 3.54. The number of aryl methyl sites for hydroxylation is 1. The van der Waals surface area contributed by atoms with Gasteiger partial charge in [0.05, 0.1) is 30.9 Å². The number of ether oxygens (including phenoxy) is 6. The van der Waals surface area contributed by atoms with Crippen LogP contribution in [0.15, 0.2) is 24.3 Å². The Labute approximate surface area is 198 Å². The standard InChI is InChI=1S/C25H20O10/c1-10-8-12-16(18(28)15-11(17(12)27)4-2-5-13(15)26)19-14(10)20-21-24(29,33-19)23(9-32-23)25(34-20,35-21)22-30-6-3-7-31-22/h2,4-5,8,20-22,26,29H,3,6-7,9H2,1H3/t20?,21?,23-,24+,25?/m0/s1. The molecular formula is C25H20O10. The van der Waals surface area contributed by atoms with E-state index in [0.717, 1.165) is 0 Å². The van der Waals surface area contributed by atoms with Crippen LogP contribution in [0.5, 0.6) is 11.5 Å². The van der Waals surface area contributed by atoms with Crippen LogP contribution in [0.3, 0.4) is 0 Å². The monoisotopic (exact) mass is 480 g/mol. The lowest BCUT2D eigenvalue weighted by Crippen LogP contribution is -2.69. The van der Waals surface area contributed by atoms with Gasteiger partial charge in [-0.1, -0.05) is 12.1 Å². The van der Waals surface area contributed by atoms with Gasteiger partial charge < -0.3 is 38.6 Å². The quantitative estimate of drug-likeness (QED) is 0.490. The fourth-order valence-electron chi connectivity index (χ4n) is 6.38. The molecule has 5 heterocycles. The summed E-state index contributed by atoms with van der Waals surface area (Å²) in [5.74, 6) is -4.82. The minimum absolute atomic E-state index is 0.0227. The Balaban J connectivity index is 1.34. The maximum absolute atomic E-state index is 13.6. The number of aromatic hydroxyl groups is 1. The van der Waals surface area contributed by atoms with Gasteiger partial charge in [0.1, 0.15) is 17.6 Å². The Bertz CT molecular complexity index is 1370. The van der Waals surface area contributed by atoms with Crippen molar-refractivity contribution < 1.29 is 48.2 Å². The lowest BCUT2D eigenvalue weighted by molar-refractivity contribution is -0.363. The van der Waals surface area contributed by atoms with Crippen LogP contribution in [0.4, 0.5) is 0 Å². The van der Waals surface area contributed by atoms with E-state index >= 15 is 0 Å². The lowest BCUT2D eigenvalue weighted by atomic mass is 9.76. The fraction of sp³-hybridized carbons (Fsp3) is 0.440. The van der Waals surface area contributed by atoms with Crippen LogP contribution in [0, 0.1) is 6.92 Å². The van der Waals surface area contributed by atoms with Crippen molar-refractivity contribution in [1.82, 2.24) is 0 Å². The third kappa shape index (κ3) is 2.07. The van der Waals surface area contributed by atoms with Crippen LogP contribution in [0.2, 0.25) is 0 Å². The van der Waals surface area contributed by atoms with Gasteiger partial charge >= 0.3 is 0 Å². The number of benzene rings is 2. The van der Waals surface area contributed by atoms with Crippen molar-refractivity contribution in [3.63, 3.8) is 0 Å². The molecule has 2 aromatic rings. The van der Waals surface area contributed by atoms with Gasteiger partial charge in [-0.25, -0.2) is 0 Å². The highest BCUT2D eigenvalue weighted by Crippen LogP contribution is 2.70. The molecule has 10 nitrogen and oxygen atoms in total. The summed E-state index contributed by atoms with van der Waals surface area (Å²) in [5.41, 5.74) is -0.164. The molecule has 5 aliphatic heterocycles. The SMILES string of the molecule is Cc1cc2c(c3c1C1OC4(C5OCCCO5)OC1[C@@](O)(O3)[C@@]41CO1)C(=O)c1c(O)cccc1C2=O. The summed E-state index contributed by atoms with van der Waals surface area (Å²) < 4.78 is 36.4. The summed E-state index contributed by atoms with van der Waals surface area (Å²) in [6.07, 6.45) is -2.02. The topological polar surface area (TPSA) is 133 Å². The second-order valence-electron chi connectivity index (χ2n) is 9.80. The second kappa shape index (κ2) is 6.09. The smallest absolute Gasteiger partial charge is 0.274 e. The molecule has 6 aliphatic rings. The van der Waals surface area contributed by atoms with E-state index in [1.54, 1.807) is 13.0 Å². The van der Waals surface area contributed by atoms with Crippen LogP contribution in [0.1, 0.15) is 55.5 Å². The van der Waals surface area contributed by atoms with E-state index in [1.807, 2.05) is 0 Å². The molecule has 0 aromatic heterocycles. The van der Waals surface area contributed by atoms with E-state index < -0.39 is 47.2 Å². The highest BCUT2D eigenvalue weighted by atomic mass is 16.9. The highest BCUT2D eigenvalue weighted by Gasteiger charge is 2.93. The Hall–Kier alpha value is -2.86. The van der Waals surface area contributed by atoms with E-state index in [9.17, 15) is 19.8 Å². The molecule has 4 fully saturated rings. The van der Waals surface area contributed by atoms with Gasteiger partial charge in [-0.3, -0.25) is 9.59 Å². The van der Waals surface area contributed by atoms with Gasteiger partial charge in [0.15, 0.2) is 11.9 Å². The predicted molar refractivity (Wildman–Crippen MR) is 112 cm³/mol. The number of hydrogen-bond donors (Lipinski definition) is 2. The van der Waals surface area contributed by atoms with Crippen molar-refractivity contribution in [2.24, 2.45) is 0 Å². The molecule has 180 valence electrons. The molecule has 2 N–H and O–H groups in total. The van der Waals surface area contributed by atoms with E-state index in [2.05, 4.69) is 0 Å². The van der Waals surface area contributed by atoms with E-state index in [4.69, 9.17) is 28.4 Å². The van der Waals surface area contributed by atoms with Crippen molar-refractivity contribution in [2.75, 3.05) is 19.8 Å². The van der Waals surface area contributed by atoms with Crippen LogP contribution in [0.25, 0.3) is 0 Å². The van der Waals surface area contributed by atoms with E-state index in [-0.39, 0.29) is 40.4 Å². The molecule has 2 aromatic carbocycles. The first-order chi connectivity index (χ1) is 16.8. The van der Waals surface area contributed by atoms with Crippen molar-refractivity contribution in [1.29, 1.82) is 0 Å². The average Bonchev–Trinajstić information content (AvgIpc) is 3.52. The summed E-state index contributed by atoms with van der Waals surface area (Å²) >= 11 is 0. The molecular weight excluding hydrogens is 460 g/mol. The summed E-state index contributed by atoms with van der Waals surface area (Å²) in [6.45, 7) is 2.72. The molecule has 5 atom stereocenters. The van der Waals surface area contributed by atoms with Gasteiger partial charge in [-0.2, -0.15) is 0 Å². The number of epoxide rings is 1. The average molecular weight is 480 g/mol. The third-order valence-electron chi connectivity index (χ3n) is 8.03. The molecule has 0 radical (unpaired) electrons. The van der Waals surface area contributed by atoms with E-state index in [1.165, 1.54) is 18.2 Å². The number of ketones is 2. The molecule has 0 amide bonds. The molecule has 1 aliphatic carbocycles. The normalized spacial score (nSPS) is 38.2. The molecule has 35 heavy (non-hydrogen) atoms. The maximum Gasteiger partial charge on any atom is 0.274 e. The molecule has 0 saturated carbocycles. The summed E-state index contributed by atoms with van der Waals surface area (Å²) in [5, 5.41) is 22.3. The summed E-state index contributed by atoms with van der Waals surface area (Å²) in [7, 11) is 0. The van der Waals surface area contributed by atoms with Gasteiger partial charge in [0.2, 0.25) is 17.7 Å². The zero-order chi connectivity index (χ0) is 23.9. The number of carbonyl (C=O) groups excluding carboxylic acids is 2. The van der Waals surface area contributed by atoms with Crippen LogP contribution in [-0.2, 0) is 23.7 Å². The Morgan fingerprint density at radius 2 is 1.80 bits per heavy atom. The highest BCUT2D eigenvalue weighted by molar-refractivity contribution is 6.30. The third-order valence-corrected chi connectivity index (χ3v) is 8.03. The van der Waals surface area contributed by atoms with Crippen molar-refractivity contribution in [3.8, 4) is 11.5 Å². The second-order valence-corrected chi connectivity index (χ2v) is 9.80. The summed E-state index contributed by atoms with van der Waals surface area (Å²) in [6, 6.07) is 5.99. The number of carbonyl (C=O) groups is 2. The molecule has 4 saturated heterocycles. The van der Waals surface area contributed by atoms with Gasteiger partial charge in [0.25, 0.3) is 11.6 Å². The molecule has 2 bridgehead atoms. The first-order valence-electron chi connectivity index (χ1n) is 11.6. The molecule has 10 heteroatoms. The van der Waals surface area contributed by atoms with Crippen LogP contribution in [-0.4, -0.2) is 71.2 Å². The molecule has 8 rings (SSSR count). The zero-order valence-corrected chi connectivity index (χ0v) is 18.5. The van der Waals surface area contributed by atoms with Gasteiger partial charge in [-0.05, 0) is 31.0 Å². The molecule has 1 spiro atoms. The Morgan fingerprint density at radius 1 is 1.03 bits per heavy atom. The number of hydrogen-bond acceptors (Lipinski definition) is 10. The van der Waals surface area contributed by atoms with Gasteiger partial charge in [-0.15, -0.1) is 0 Å². The minimum atomic E-state index is -2.02. The number of phenols is 1. The first-order valence-corrected chi connectivity index (χ1v) is 11.6. The van der Waals surface area contributed by atoms with Gasteiger partial charge in [0, 0.05) is 16.7 Å². The maximum atomic E-state index is 13.6. The fourth-order valence-corrected chi connectivity index (χ4v) is 6.38. The van der Waals surface area contributed by atoms with E-state index in [0.29, 0.717) is 30.8 Å². The Morgan fingerprint density at radius 3 is 2.54 bits per heavy atom. The number of aliphatic hydroxyl groups is 1. The summed E-state index contributed by atoms with van der Waals surface area (Å²) in [4.78, 5) is 27.0. The van der Waals surface area contributed by atoms with Crippen molar-refractivity contribution in [2.45, 2.75) is 49.0 Å². The largest absolute Gasteiger partial charge is 0.507 e. The minimum Gasteiger partial charge on any atom is -0.507 e.